The Morgan fingerprint density at radius 2 is 1.91 bits per heavy atom. The van der Waals surface area contributed by atoms with Crippen molar-refractivity contribution in [2.75, 3.05) is 11.9 Å². The summed E-state index contributed by atoms with van der Waals surface area (Å²) in [6, 6.07) is 21.1. The summed E-state index contributed by atoms with van der Waals surface area (Å²) in [4.78, 5) is 29.3. The number of benzene rings is 3. The van der Waals surface area contributed by atoms with E-state index in [1.165, 1.54) is 6.92 Å². The zero-order valence-electron chi connectivity index (χ0n) is 19.2. The standard InChI is InChI=1S/C27H22BrN3O4/c1-16-21-14-22-23(15-24(21)35-26(33)25(16)17(2)32)31(11-12-34-20-9-4-3-5-10-20)27(30-22)29-19-8-6-7-18(28)13-19/h3-10,13-15H,11-12H2,1-2H3,(H,29,30). The number of imidazole rings is 1. The van der Waals surface area contributed by atoms with Gasteiger partial charge >= 0.3 is 5.63 Å². The Kier molecular flexibility index (Phi) is 6.13. The van der Waals surface area contributed by atoms with E-state index in [9.17, 15) is 9.59 Å². The smallest absolute Gasteiger partial charge is 0.347 e. The molecule has 0 aliphatic rings. The predicted octanol–water partition coefficient (Wildman–Crippen LogP) is 6.24. The summed E-state index contributed by atoms with van der Waals surface area (Å²) < 4.78 is 14.4. The molecule has 0 radical (unpaired) electrons. The van der Waals surface area contributed by atoms with Crippen LogP contribution in [0.4, 0.5) is 11.6 Å². The van der Waals surface area contributed by atoms with Crippen molar-refractivity contribution < 1.29 is 13.9 Å². The number of carbonyl (C=O) groups is 1. The van der Waals surface area contributed by atoms with Gasteiger partial charge in [-0.15, -0.1) is 0 Å². The third kappa shape index (κ3) is 4.57. The largest absolute Gasteiger partial charge is 0.492 e. The van der Waals surface area contributed by atoms with Crippen molar-refractivity contribution in [1.29, 1.82) is 0 Å². The highest BCUT2D eigenvalue weighted by molar-refractivity contribution is 9.10. The first-order valence-electron chi connectivity index (χ1n) is 11.1. The number of aryl methyl sites for hydroxylation is 1. The van der Waals surface area contributed by atoms with E-state index in [0.717, 1.165) is 21.4 Å². The van der Waals surface area contributed by atoms with Gasteiger partial charge in [-0.1, -0.05) is 40.2 Å². The molecule has 0 fully saturated rings. The number of anilines is 2. The van der Waals surface area contributed by atoms with Crippen molar-refractivity contribution >= 4 is 55.4 Å². The van der Waals surface area contributed by atoms with Gasteiger partial charge in [-0.2, -0.15) is 0 Å². The van der Waals surface area contributed by atoms with Crippen LogP contribution >= 0.6 is 15.9 Å². The number of nitrogens with one attached hydrogen (secondary N) is 1. The van der Waals surface area contributed by atoms with Crippen LogP contribution in [0.1, 0.15) is 22.8 Å². The SMILES string of the molecule is CC(=O)c1c(C)c2cc3nc(Nc4cccc(Br)c4)n(CCOc4ccccc4)c3cc2oc1=O. The number of Topliss-reactive ketones (excluding diaryl/α,β-unsaturated/α-hetero) is 1. The van der Waals surface area contributed by atoms with Crippen molar-refractivity contribution in [2.24, 2.45) is 0 Å². The van der Waals surface area contributed by atoms with Gasteiger partial charge in [0, 0.05) is 21.6 Å². The molecule has 2 heterocycles. The topological polar surface area (TPSA) is 86.4 Å². The number of aromatic nitrogens is 2. The first-order chi connectivity index (χ1) is 16.9. The number of rotatable bonds is 7. The molecule has 0 aliphatic heterocycles. The predicted molar refractivity (Wildman–Crippen MR) is 140 cm³/mol. The van der Waals surface area contributed by atoms with Gasteiger partial charge in [-0.25, -0.2) is 9.78 Å². The zero-order chi connectivity index (χ0) is 24.5. The molecule has 0 saturated heterocycles. The number of hydrogen-bond acceptors (Lipinski definition) is 6. The van der Waals surface area contributed by atoms with E-state index in [4.69, 9.17) is 14.1 Å². The van der Waals surface area contributed by atoms with Crippen LogP contribution in [0.3, 0.4) is 0 Å². The Hall–Kier alpha value is -3.91. The van der Waals surface area contributed by atoms with E-state index in [-0.39, 0.29) is 11.3 Å². The number of fused-ring (bicyclic) bond motifs is 2. The molecule has 8 heteroatoms. The van der Waals surface area contributed by atoms with Crippen molar-refractivity contribution in [2.45, 2.75) is 20.4 Å². The van der Waals surface area contributed by atoms with E-state index in [1.54, 1.807) is 13.0 Å². The molecule has 0 amide bonds. The number of hydrogen-bond donors (Lipinski definition) is 1. The number of ether oxygens (including phenoxy) is 1. The van der Waals surface area contributed by atoms with E-state index < -0.39 is 5.63 Å². The molecule has 2 aromatic heterocycles. The maximum Gasteiger partial charge on any atom is 0.347 e. The number of halogens is 1. The number of nitrogens with zero attached hydrogens (tertiary/aromatic N) is 2. The van der Waals surface area contributed by atoms with Crippen LogP contribution < -0.4 is 15.7 Å². The highest BCUT2D eigenvalue weighted by atomic mass is 79.9. The Balaban J connectivity index is 1.61. The average Bonchev–Trinajstić information content (AvgIpc) is 3.14. The summed E-state index contributed by atoms with van der Waals surface area (Å²) >= 11 is 3.50. The van der Waals surface area contributed by atoms with Crippen molar-refractivity contribution in [3.8, 4) is 5.75 Å². The summed E-state index contributed by atoms with van der Waals surface area (Å²) in [5.74, 6) is 1.08. The van der Waals surface area contributed by atoms with Crippen LogP contribution in [-0.4, -0.2) is 21.9 Å². The third-order valence-corrected chi connectivity index (χ3v) is 6.29. The van der Waals surface area contributed by atoms with E-state index in [2.05, 4.69) is 21.2 Å². The molecule has 0 unspecified atom stereocenters. The lowest BCUT2D eigenvalue weighted by Gasteiger charge is -2.12. The first kappa shape index (κ1) is 22.9. The van der Waals surface area contributed by atoms with Gasteiger partial charge in [0.25, 0.3) is 0 Å². The molecule has 1 N–H and O–H groups in total. The molecule has 3 aromatic carbocycles. The minimum atomic E-state index is -0.632. The lowest BCUT2D eigenvalue weighted by molar-refractivity contribution is 0.101. The van der Waals surface area contributed by atoms with Crippen molar-refractivity contribution in [3.05, 3.63) is 92.7 Å². The Labute approximate surface area is 209 Å². The summed E-state index contributed by atoms with van der Waals surface area (Å²) in [6.07, 6.45) is 0. The molecule has 35 heavy (non-hydrogen) atoms. The maximum absolute atomic E-state index is 12.5. The molecule has 176 valence electrons. The van der Waals surface area contributed by atoms with Gasteiger partial charge in [0.1, 0.15) is 23.5 Å². The van der Waals surface area contributed by atoms with E-state index in [1.807, 2.05) is 65.2 Å². The lowest BCUT2D eigenvalue weighted by atomic mass is 10.0. The highest BCUT2D eigenvalue weighted by Crippen LogP contribution is 2.30. The minimum Gasteiger partial charge on any atom is -0.492 e. The molecule has 5 rings (SSSR count). The Bertz CT molecular complexity index is 1620. The van der Waals surface area contributed by atoms with Gasteiger partial charge in [0.2, 0.25) is 5.95 Å². The molecule has 0 aliphatic carbocycles. The summed E-state index contributed by atoms with van der Waals surface area (Å²) in [5.41, 5.74) is 2.79. The number of ketones is 1. The van der Waals surface area contributed by atoms with Crippen LogP contribution in [0.2, 0.25) is 0 Å². The molecule has 0 bridgehead atoms. The maximum atomic E-state index is 12.5. The van der Waals surface area contributed by atoms with Gasteiger partial charge in [0.15, 0.2) is 5.78 Å². The van der Waals surface area contributed by atoms with Crippen LogP contribution in [-0.2, 0) is 6.54 Å². The summed E-state index contributed by atoms with van der Waals surface area (Å²) in [7, 11) is 0. The fourth-order valence-electron chi connectivity index (χ4n) is 4.16. The normalized spacial score (nSPS) is 11.2. The van der Waals surface area contributed by atoms with Crippen molar-refractivity contribution in [3.63, 3.8) is 0 Å². The quantitative estimate of drug-likeness (QED) is 0.197. The molecule has 7 nitrogen and oxygen atoms in total. The van der Waals surface area contributed by atoms with Gasteiger partial charge in [-0.3, -0.25) is 4.79 Å². The van der Waals surface area contributed by atoms with Crippen LogP contribution in [0.15, 0.2) is 80.4 Å². The monoisotopic (exact) mass is 531 g/mol. The van der Waals surface area contributed by atoms with E-state index >= 15 is 0 Å². The second-order valence-electron chi connectivity index (χ2n) is 8.17. The molecule has 5 aromatic rings. The fourth-order valence-corrected chi connectivity index (χ4v) is 4.56. The van der Waals surface area contributed by atoms with Crippen LogP contribution in [0.5, 0.6) is 5.75 Å². The minimum absolute atomic E-state index is 0.0695. The average molecular weight is 532 g/mol. The summed E-state index contributed by atoms with van der Waals surface area (Å²) in [5, 5.41) is 4.06. The first-order valence-corrected chi connectivity index (χ1v) is 11.9. The van der Waals surface area contributed by atoms with Crippen LogP contribution in [0, 0.1) is 6.92 Å². The highest BCUT2D eigenvalue weighted by Gasteiger charge is 2.19. The zero-order valence-corrected chi connectivity index (χ0v) is 20.8. The molecule has 0 atom stereocenters. The van der Waals surface area contributed by atoms with Gasteiger partial charge in [0.05, 0.1) is 17.6 Å². The number of carbonyl (C=O) groups excluding carboxylic acids is 1. The molecular formula is C27H22BrN3O4. The second kappa shape index (κ2) is 9.38. The lowest BCUT2D eigenvalue weighted by Crippen LogP contribution is -2.14. The molecule has 0 saturated carbocycles. The number of para-hydroxylation sites is 1. The third-order valence-electron chi connectivity index (χ3n) is 5.80. The van der Waals surface area contributed by atoms with Gasteiger partial charge < -0.3 is 19.0 Å². The Morgan fingerprint density at radius 1 is 1.11 bits per heavy atom. The second-order valence-corrected chi connectivity index (χ2v) is 9.08. The Morgan fingerprint density at radius 3 is 2.66 bits per heavy atom. The molecule has 0 spiro atoms. The van der Waals surface area contributed by atoms with Crippen molar-refractivity contribution in [1.82, 2.24) is 9.55 Å². The van der Waals surface area contributed by atoms with Crippen LogP contribution in [0.25, 0.3) is 22.0 Å². The summed E-state index contributed by atoms with van der Waals surface area (Å²) in [6.45, 7) is 4.03. The molecular weight excluding hydrogens is 510 g/mol. The van der Waals surface area contributed by atoms with E-state index in [0.29, 0.717) is 41.1 Å². The van der Waals surface area contributed by atoms with Gasteiger partial charge in [-0.05, 0) is 55.8 Å². The fraction of sp³-hybridized carbons (Fsp3) is 0.148.